The molecule has 0 bridgehead atoms. The number of benzene rings is 2. The van der Waals surface area contributed by atoms with E-state index in [1.54, 1.807) is 0 Å². The summed E-state index contributed by atoms with van der Waals surface area (Å²) in [7, 11) is 0. The smallest absolute Gasteiger partial charge is 0.343 e. The van der Waals surface area contributed by atoms with E-state index < -0.39 is 0 Å². The van der Waals surface area contributed by atoms with Crippen LogP contribution in [0.25, 0.3) is 0 Å². The van der Waals surface area contributed by atoms with Crippen LogP contribution in [0.2, 0.25) is 0 Å². The first kappa shape index (κ1) is 12.5. The second-order valence-electron chi connectivity index (χ2n) is 6.25. The van der Waals surface area contributed by atoms with Gasteiger partial charge in [0, 0.05) is 12.0 Å². The molecule has 0 spiro atoms. The number of ether oxygens (including phenoxy) is 2. The van der Waals surface area contributed by atoms with Crippen LogP contribution >= 0.6 is 0 Å². The highest BCUT2D eigenvalue weighted by atomic mass is 16.6. The van der Waals surface area contributed by atoms with Crippen molar-refractivity contribution in [1.82, 2.24) is 0 Å². The van der Waals surface area contributed by atoms with Gasteiger partial charge < -0.3 is 9.47 Å². The van der Waals surface area contributed by atoms with Gasteiger partial charge in [-0.15, -0.1) is 0 Å². The highest BCUT2D eigenvalue weighted by Gasteiger charge is 2.41. The van der Waals surface area contributed by atoms with Gasteiger partial charge in [-0.1, -0.05) is 42.5 Å². The molecule has 21 heavy (non-hydrogen) atoms. The molecule has 2 heterocycles. The third-order valence-electron chi connectivity index (χ3n) is 4.08. The van der Waals surface area contributed by atoms with Gasteiger partial charge in [-0.2, -0.15) is 0 Å². The largest absolute Gasteiger partial charge is 0.486 e. The average molecular weight is 280 g/mol. The minimum atomic E-state index is -0.327. The minimum Gasteiger partial charge on any atom is -0.486 e. The van der Waals surface area contributed by atoms with Gasteiger partial charge in [0.05, 0.1) is 0 Å². The number of fused-ring (bicyclic) bond motifs is 3. The molecule has 0 unspecified atom stereocenters. The molecule has 0 N–H and O–H groups in total. The van der Waals surface area contributed by atoms with Gasteiger partial charge in [0.2, 0.25) is 0 Å². The lowest BCUT2D eigenvalue weighted by Gasteiger charge is -2.17. The number of carbonyl (C=O) groups excluding carboxylic acids is 1. The molecule has 4 rings (SSSR count). The Hall–Kier alpha value is -2.29. The molecule has 0 saturated carbocycles. The monoisotopic (exact) mass is 280 g/mol. The Kier molecular flexibility index (Phi) is 2.43. The Morgan fingerprint density at radius 1 is 1.10 bits per heavy atom. The van der Waals surface area contributed by atoms with Crippen molar-refractivity contribution >= 4 is 5.97 Å². The van der Waals surface area contributed by atoms with E-state index in [0.717, 1.165) is 23.1 Å². The van der Waals surface area contributed by atoms with Crippen molar-refractivity contribution in [3.63, 3.8) is 0 Å². The molecule has 0 amide bonds. The zero-order valence-electron chi connectivity index (χ0n) is 12.1. The van der Waals surface area contributed by atoms with E-state index in [1.165, 1.54) is 0 Å². The number of esters is 1. The third kappa shape index (κ3) is 1.84. The van der Waals surface area contributed by atoms with Gasteiger partial charge in [-0.05, 0) is 25.0 Å². The predicted molar refractivity (Wildman–Crippen MR) is 78.6 cm³/mol. The summed E-state index contributed by atoms with van der Waals surface area (Å²) >= 11 is 0. The lowest BCUT2D eigenvalue weighted by Crippen LogP contribution is -2.25. The van der Waals surface area contributed by atoms with E-state index in [0.29, 0.717) is 11.3 Å². The van der Waals surface area contributed by atoms with Crippen LogP contribution in [-0.4, -0.2) is 11.6 Å². The van der Waals surface area contributed by atoms with Crippen LogP contribution in [-0.2, 0) is 11.2 Å². The fourth-order valence-corrected chi connectivity index (χ4v) is 3.20. The lowest BCUT2D eigenvalue weighted by atomic mass is 9.95. The van der Waals surface area contributed by atoms with Gasteiger partial charge in [0.15, 0.2) is 6.10 Å². The van der Waals surface area contributed by atoms with E-state index in [2.05, 4.69) is 6.07 Å². The maximum Gasteiger partial charge on any atom is 0.343 e. The van der Waals surface area contributed by atoms with Gasteiger partial charge in [-0.3, -0.25) is 0 Å². The zero-order chi connectivity index (χ0) is 14.6. The van der Waals surface area contributed by atoms with E-state index in [1.807, 2.05) is 50.2 Å². The first-order valence-corrected chi connectivity index (χ1v) is 7.16. The molecular weight excluding hydrogens is 264 g/mol. The van der Waals surface area contributed by atoms with E-state index in [4.69, 9.17) is 9.47 Å². The number of hydrogen-bond acceptors (Lipinski definition) is 3. The molecule has 3 nitrogen and oxygen atoms in total. The number of hydrogen-bond donors (Lipinski definition) is 0. The van der Waals surface area contributed by atoms with E-state index in [9.17, 15) is 4.79 Å². The summed E-state index contributed by atoms with van der Waals surface area (Å²) in [6.07, 6.45) is 0.491. The average Bonchev–Trinajstić information content (AvgIpc) is 2.95. The van der Waals surface area contributed by atoms with Crippen molar-refractivity contribution in [3.8, 4) is 5.75 Å². The van der Waals surface area contributed by atoms with Crippen molar-refractivity contribution in [3.05, 3.63) is 64.7 Å². The van der Waals surface area contributed by atoms with E-state index >= 15 is 0 Å². The molecular formula is C18H16O3. The molecule has 2 aliphatic heterocycles. The predicted octanol–water partition coefficient (Wildman–Crippen LogP) is 3.66. The van der Waals surface area contributed by atoms with Crippen LogP contribution in [0.3, 0.4) is 0 Å². The standard InChI is InChI=1S/C18H16O3/c1-18(2)10-12-8-9-13-14(16(12)21-18)17(19)20-15(13)11-6-4-3-5-7-11/h3-9,15H,10H2,1-2H3/t15-/m1/s1. The molecule has 1 atom stereocenters. The van der Waals surface area contributed by atoms with Crippen molar-refractivity contribution in [1.29, 1.82) is 0 Å². The highest BCUT2D eigenvalue weighted by Crippen LogP contribution is 2.46. The maximum absolute atomic E-state index is 12.3. The fourth-order valence-electron chi connectivity index (χ4n) is 3.20. The van der Waals surface area contributed by atoms with Crippen molar-refractivity contribution in [2.75, 3.05) is 0 Å². The molecule has 106 valence electrons. The van der Waals surface area contributed by atoms with Gasteiger partial charge in [-0.25, -0.2) is 4.79 Å². The van der Waals surface area contributed by atoms with Crippen molar-refractivity contribution in [2.45, 2.75) is 32.0 Å². The summed E-state index contributed by atoms with van der Waals surface area (Å²) in [5.41, 5.74) is 3.32. The zero-order valence-corrected chi connectivity index (χ0v) is 12.1. The fraction of sp³-hybridized carbons (Fsp3) is 0.278. The van der Waals surface area contributed by atoms with E-state index in [-0.39, 0.29) is 17.7 Å². The first-order chi connectivity index (χ1) is 10.1. The lowest BCUT2D eigenvalue weighted by molar-refractivity contribution is 0.0450. The minimum absolute atomic E-state index is 0.261. The maximum atomic E-state index is 12.3. The van der Waals surface area contributed by atoms with Crippen molar-refractivity contribution < 1.29 is 14.3 Å². The SMILES string of the molecule is CC1(C)Cc2ccc3c(c2O1)C(=O)O[C@@H]3c1ccccc1. The first-order valence-electron chi connectivity index (χ1n) is 7.16. The second-order valence-corrected chi connectivity index (χ2v) is 6.25. The molecule has 0 aliphatic carbocycles. The normalized spacial score (nSPS) is 21.4. The number of rotatable bonds is 1. The summed E-state index contributed by atoms with van der Waals surface area (Å²) in [5.74, 6) is 0.425. The van der Waals surface area contributed by atoms with Gasteiger partial charge in [0.25, 0.3) is 0 Å². The highest BCUT2D eigenvalue weighted by molar-refractivity contribution is 5.98. The Balaban J connectivity index is 1.85. The third-order valence-corrected chi connectivity index (χ3v) is 4.08. The summed E-state index contributed by atoms with van der Waals surface area (Å²) in [5, 5.41) is 0. The summed E-state index contributed by atoms with van der Waals surface area (Å²) in [6, 6.07) is 13.9. The van der Waals surface area contributed by atoms with Crippen LogP contribution in [0, 0.1) is 0 Å². The molecule has 0 radical (unpaired) electrons. The molecule has 3 heteroatoms. The topological polar surface area (TPSA) is 35.5 Å². The molecule has 2 aromatic rings. The van der Waals surface area contributed by atoms with Crippen LogP contribution in [0.4, 0.5) is 0 Å². The van der Waals surface area contributed by atoms with Crippen LogP contribution < -0.4 is 4.74 Å². The second kappa shape index (κ2) is 4.10. The molecule has 0 aromatic heterocycles. The quantitative estimate of drug-likeness (QED) is 0.748. The van der Waals surface area contributed by atoms with Crippen LogP contribution in [0.15, 0.2) is 42.5 Å². The van der Waals surface area contributed by atoms with Crippen LogP contribution in [0.5, 0.6) is 5.75 Å². The Morgan fingerprint density at radius 2 is 1.86 bits per heavy atom. The number of cyclic esters (lactones) is 1. The Bertz CT molecular complexity index is 732. The molecule has 2 aromatic carbocycles. The summed E-state index contributed by atoms with van der Waals surface area (Å²) < 4.78 is 11.6. The Morgan fingerprint density at radius 3 is 2.62 bits per heavy atom. The molecule has 2 aliphatic rings. The van der Waals surface area contributed by atoms with Gasteiger partial charge >= 0.3 is 5.97 Å². The molecule has 0 fully saturated rings. The summed E-state index contributed by atoms with van der Waals surface area (Å²) in [6.45, 7) is 4.07. The van der Waals surface area contributed by atoms with Crippen LogP contribution in [0.1, 0.15) is 47.0 Å². The van der Waals surface area contributed by atoms with Crippen molar-refractivity contribution in [2.24, 2.45) is 0 Å². The molecule has 0 saturated heterocycles. The number of carbonyl (C=O) groups is 1. The summed E-state index contributed by atoms with van der Waals surface area (Å²) in [4.78, 5) is 12.3. The van der Waals surface area contributed by atoms with Gasteiger partial charge in [0.1, 0.15) is 16.9 Å². The Labute approximate surface area is 123 Å².